The maximum Gasteiger partial charge on any atom is 0.251 e. The van der Waals surface area contributed by atoms with Crippen molar-refractivity contribution in [2.45, 2.75) is 12.5 Å². The van der Waals surface area contributed by atoms with Crippen LogP contribution in [-0.2, 0) is 4.79 Å². The Kier molecular flexibility index (Phi) is 6.87. The number of hydrogen-bond acceptors (Lipinski definition) is 5. The summed E-state index contributed by atoms with van der Waals surface area (Å²) < 4.78 is 16.3. The molecule has 1 heterocycles. The van der Waals surface area contributed by atoms with Crippen LogP contribution in [0.15, 0.2) is 78.9 Å². The predicted octanol–water partition coefficient (Wildman–Crippen LogP) is 3.47. The van der Waals surface area contributed by atoms with E-state index in [-0.39, 0.29) is 25.0 Å². The van der Waals surface area contributed by atoms with Gasteiger partial charge in [-0.05, 0) is 29.8 Å². The van der Waals surface area contributed by atoms with Crippen LogP contribution in [0.25, 0.3) is 0 Å². The highest BCUT2D eigenvalue weighted by Gasteiger charge is 2.19. The van der Waals surface area contributed by atoms with E-state index in [0.717, 1.165) is 5.56 Å². The second-order valence-corrected chi connectivity index (χ2v) is 7.22. The molecule has 7 nitrogen and oxygen atoms in total. The molecule has 0 radical (unpaired) electrons. The first-order chi connectivity index (χ1) is 15.7. The Morgan fingerprint density at radius 1 is 0.906 bits per heavy atom. The van der Waals surface area contributed by atoms with E-state index in [4.69, 9.17) is 14.2 Å². The third-order valence-electron chi connectivity index (χ3n) is 4.97. The van der Waals surface area contributed by atoms with Crippen molar-refractivity contribution in [1.82, 2.24) is 10.6 Å². The van der Waals surface area contributed by atoms with Crippen LogP contribution in [-0.4, -0.2) is 31.8 Å². The number of nitrogens with one attached hydrogen (secondary N) is 2. The molecule has 3 aromatic rings. The first-order valence-corrected chi connectivity index (χ1v) is 10.4. The predicted molar refractivity (Wildman–Crippen MR) is 119 cm³/mol. The van der Waals surface area contributed by atoms with E-state index in [1.807, 2.05) is 36.4 Å². The van der Waals surface area contributed by atoms with Gasteiger partial charge in [-0.1, -0.05) is 48.5 Å². The summed E-state index contributed by atoms with van der Waals surface area (Å²) in [6.45, 7) is 0.845. The molecule has 32 heavy (non-hydrogen) atoms. The summed E-state index contributed by atoms with van der Waals surface area (Å²) in [5, 5.41) is 5.81. The Hall–Kier alpha value is -4.00. The molecule has 4 rings (SSSR count). The minimum absolute atomic E-state index is 0.118. The van der Waals surface area contributed by atoms with Crippen LogP contribution < -0.4 is 24.8 Å². The number of benzene rings is 3. The van der Waals surface area contributed by atoms with Crippen molar-refractivity contribution in [3.63, 3.8) is 0 Å². The Labute approximate surface area is 186 Å². The van der Waals surface area contributed by atoms with Gasteiger partial charge in [-0.3, -0.25) is 9.59 Å². The number of carbonyl (C=O) groups excluding carboxylic acids is 2. The second kappa shape index (κ2) is 10.3. The van der Waals surface area contributed by atoms with Crippen molar-refractivity contribution in [2.75, 3.05) is 19.9 Å². The molecule has 1 unspecified atom stereocenters. The van der Waals surface area contributed by atoms with Gasteiger partial charge >= 0.3 is 0 Å². The van der Waals surface area contributed by atoms with Crippen LogP contribution in [0, 0.1) is 0 Å². The van der Waals surface area contributed by atoms with E-state index in [9.17, 15) is 9.59 Å². The third-order valence-corrected chi connectivity index (χ3v) is 4.97. The molecule has 2 amide bonds. The molecular weight excluding hydrogens is 408 g/mol. The summed E-state index contributed by atoms with van der Waals surface area (Å²) in [7, 11) is 0. The van der Waals surface area contributed by atoms with Gasteiger partial charge in [-0.25, -0.2) is 0 Å². The van der Waals surface area contributed by atoms with E-state index < -0.39 is 6.04 Å². The Morgan fingerprint density at radius 3 is 2.41 bits per heavy atom. The van der Waals surface area contributed by atoms with Gasteiger partial charge in [0.15, 0.2) is 11.5 Å². The van der Waals surface area contributed by atoms with Crippen molar-refractivity contribution < 1.29 is 23.8 Å². The summed E-state index contributed by atoms with van der Waals surface area (Å²) in [5.74, 6) is 1.57. The number of amides is 2. The molecule has 0 saturated carbocycles. The molecule has 3 aromatic carbocycles. The van der Waals surface area contributed by atoms with Crippen LogP contribution in [0.5, 0.6) is 17.2 Å². The quantitative estimate of drug-likeness (QED) is 0.506. The van der Waals surface area contributed by atoms with Crippen molar-refractivity contribution in [1.29, 1.82) is 0 Å². The van der Waals surface area contributed by atoms with E-state index in [0.29, 0.717) is 36.0 Å². The fourth-order valence-electron chi connectivity index (χ4n) is 3.35. The number of carbonyl (C=O) groups is 2. The zero-order valence-corrected chi connectivity index (χ0v) is 17.5. The number of ether oxygens (including phenoxy) is 3. The van der Waals surface area contributed by atoms with Crippen LogP contribution in [0.2, 0.25) is 0 Å². The highest BCUT2D eigenvalue weighted by Crippen LogP contribution is 2.35. The van der Waals surface area contributed by atoms with Gasteiger partial charge in [0.25, 0.3) is 5.91 Å². The van der Waals surface area contributed by atoms with E-state index >= 15 is 0 Å². The van der Waals surface area contributed by atoms with Crippen LogP contribution in [0.4, 0.5) is 0 Å². The zero-order chi connectivity index (χ0) is 22.2. The maximum atomic E-state index is 12.6. The van der Waals surface area contributed by atoms with Gasteiger partial charge in [0.05, 0.1) is 19.0 Å². The average Bonchev–Trinajstić information content (AvgIpc) is 3.30. The highest BCUT2D eigenvalue weighted by atomic mass is 16.7. The Balaban J connectivity index is 1.29. The SMILES string of the molecule is O=C(CC(NC(=O)c1ccccc1)c1ccccc1)NCCOc1ccc2c(c1)OCO2. The molecule has 2 N–H and O–H groups in total. The molecular formula is C25H24N2O5. The lowest BCUT2D eigenvalue weighted by Gasteiger charge is -2.19. The number of rotatable bonds is 9. The minimum atomic E-state index is -0.446. The normalized spacial score (nSPS) is 12.6. The Bertz CT molecular complexity index is 1060. The van der Waals surface area contributed by atoms with Gasteiger partial charge < -0.3 is 24.8 Å². The fraction of sp³-hybridized carbons (Fsp3) is 0.200. The first-order valence-electron chi connectivity index (χ1n) is 10.4. The monoisotopic (exact) mass is 432 g/mol. The lowest BCUT2D eigenvalue weighted by atomic mass is 10.0. The molecule has 0 bridgehead atoms. The van der Waals surface area contributed by atoms with Crippen LogP contribution in [0.3, 0.4) is 0 Å². The van der Waals surface area contributed by atoms with Crippen molar-refractivity contribution >= 4 is 11.8 Å². The molecule has 1 aliphatic rings. The number of hydrogen-bond donors (Lipinski definition) is 2. The summed E-state index contributed by atoms with van der Waals surface area (Å²) >= 11 is 0. The molecule has 0 saturated heterocycles. The molecule has 1 aliphatic heterocycles. The largest absolute Gasteiger partial charge is 0.492 e. The van der Waals surface area contributed by atoms with E-state index in [2.05, 4.69) is 10.6 Å². The standard InChI is InChI=1S/C25H24N2O5/c28-24(26-13-14-30-20-11-12-22-23(15-20)32-17-31-22)16-21(18-7-3-1-4-8-18)27-25(29)19-9-5-2-6-10-19/h1-12,15,21H,13-14,16-17H2,(H,26,28)(H,27,29). The maximum absolute atomic E-state index is 12.6. The summed E-state index contributed by atoms with van der Waals surface area (Å²) in [6, 6.07) is 23.3. The van der Waals surface area contributed by atoms with Crippen LogP contribution in [0.1, 0.15) is 28.4 Å². The third kappa shape index (κ3) is 5.57. The average molecular weight is 432 g/mol. The van der Waals surface area contributed by atoms with Gasteiger partial charge in [-0.2, -0.15) is 0 Å². The van der Waals surface area contributed by atoms with Gasteiger partial charge in [-0.15, -0.1) is 0 Å². The molecule has 0 fully saturated rings. The van der Waals surface area contributed by atoms with E-state index in [1.54, 1.807) is 42.5 Å². The molecule has 0 spiro atoms. The first kappa shape index (κ1) is 21.2. The van der Waals surface area contributed by atoms with Crippen LogP contribution >= 0.6 is 0 Å². The topological polar surface area (TPSA) is 85.9 Å². The van der Waals surface area contributed by atoms with Crippen molar-refractivity contribution in [2.24, 2.45) is 0 Å². The summed E-state index contributed by atoms with van der Waals surface area (Å²) in [5.41, 5.74) is 1.41. The molecule has 1 atom stereocenters. The molecule has 7 heteroatoms. The van der Waals surface area contributed by atoms with E-state index in [1.165, 1.54) is 0 Å². The minimum Gasteiger partial charge on any atom is -0.492 e. The van der Waals surface area contributed by atoms with Gasteiger partial charge in [0, 0.05) is 11.6 Å². The molecule has 164 valence electrons. The molecule has 0 aromatic heterocycles. The van der Waals surface area contributed by atoms with Gasteiger partial charge in [0.2, 0.25) is 12.7 Å². The number of fused-ring (bicyclic) bond motifs is 1. The Morgan fingerprint density at radius 2 is 1.62 bits per heavy atom. The lowest BCUT2D eigenvalue weighted by molar-refractivity contribution is -0.121. The zero-order valence-electron chi connectivity index (χ0n) is 17.5. The summed E-state index contributed by atoms with van der Waals surface area (Å²) in [4.78, 5) is 25.2. The molecule has 0 aliphatic carbocycles. The van der Waals surface area contributed by atoms with Crippen molar-refractivity contribution in [3.8, 4) is 17.2 Å². The smallest absolute Gasteiger partial charge is 0.251 e. The highest BCUT2D eigenvalue weighted by molar-refractivity contribution is 5.94. The fourth-order valence-corrected chi connectivity index (χ4v) is 3.35. The second-order valence-electron chi connectivity index (χ2n) is 7.22. The van der Waals surface area contributed by atoms with Crippen molar-refractivity contribution in [3.05, 3.63) is 90.0 Å². The van der Waals surface area contributed by atoms with Gasteiger partial charge in [0.1, 0.15) is 12.4 Å². The lowest BCUT2D eigenvalue weighted by Crippen LogP contribution is -2.35. The summed E-state index contributed by atoms with van der Waals surface area (Å²) in [6.07, 6.45) is 0.118.